The molecule has 1 fully saturated rings. The van der Waals surface area contributed by atoms with Crippen LogP contribution in [-0.4, -0.2) is 28.4 Å². The summed E-state index contributed by atoms with van der Waals surface area (Å²) in [4.78, 5) is 18.1. The van der Waals surface area contributed by atoms with Crippen molar-refractivity contribution >= 4 is 22.5 Å². The van der Waals surface area contributed by atoms with E-state index in [-0.39, 0.29) is 0 Å². The van der Waals surface area contributed by atoms with Crippen LogP contribution in [-0.2, 0) is 18.4 Å². The van der Waals surface area contributed by atoms with Gasteiger partial charge in [-0.1, -0.05) is 0 Å². The molecule has 1 aliphatic rings. The number of carbonyl (C=O) groups is 1. The number of nitrogens with zero attached hydrogens (tertiary/aromatic N) is 3. The van der Waals surface area contributed by atoms with Crippen LogP contribution in [0.4, 0.5) is 5.69 Å². The topological polar surface area (TPSA) is 64.2 Å². The van der Waals surface area contributed by atoms with E-state index in [1.54, 1.807) is 0 Å². The molecule has 1 aromatic carbocycles. The zero-order valence-electron chi connectivity index (χ0n) is 11.1. The Bertz CT molecular complexity index is 622. The predicted molar refractivity (Wildman–Crippen MR) is 75.1 cm³/mol. The number of carbonyl (C=O) groups excluding carboxylic acids is 1. The van der Waals surface area contributed by atoms with Crippen LogP contribution < -0.4 is 10.6 Å². The summed E-state index contributed by atoms with van der Waals surface area (Å²) in [5.41, 5.74) is 8.88. The van der Waals surface area contributed by atoms with Crippen molar-refractivity contribution in [3.63, 3.8) is 0 Å². The quantitative estimate of drug-likeness (QED) is 0.879. The largest absolute Gasteiger partial charge is 0.371 e. The first-order valence-electron chi connectivity index (χ1n) is 6.61. The molecule has 0 unspecified atom stereocenters. The molecule has 19 heavy (non-hydrogen) atoms. The lowest BCUT2D eigenvalue weighted by atomic mass is 10.1. The van der Waals surface area contributed by atoms with Crippen LogP contribution in [0.15, 0.2) is 18.2 Å². The fourth-order valence-electron chi connectivity index (χ4n) is 2.63. The number of benzene rings is 1. The standard InChI is InChI=1S/C14H18N4O/c1-17-13-3-2-10(8-12(13)16-14(17)9-15)18-6-4-11(19)5-7-18/h2-3,8H,4-7,9,15H2,1H3. The zero-order valence-corrected chi connectivity index (χ0v) is 11.1. The van der Waals surface area contributed by atoms with Crippen molar-refractivity contribution in [2.24, 2.45) is 12.8 Å². The van der Waals surface area contributed by atoms with Gasteiger partial charge < -0.3 is 15.2 Å². The monoisotopic (exact) mass is 258 g/mol. The third kappa shape index (κ3) is 2.10. The Balaban J connectivity index is 1.95. The second-order valence-electron chi connectivity index (χ2n) is 4.99. The van der Waals surface area contributed by atoms with E-state index in [9.17, 15) is 4.79 Å². The molecule has 2 aromatic rings. The Morgan fingerprint density at radius 3 is 2.74 bits per heavy atom. The van der Waals surface area contributed by atoms with Gasteiger partial charge in [-0.2, -0.15) is 0 Å². The highest BCUT2D eigenvalue weighted by Crippen LogP contribution is 2.24. The number of ketones is 1. The number of imidazole rings is 1. The second-order valence-corrected chi connectivity index (χ2v) is 4.99. The molecule has 2 N–H and O–H groups in total. The molecule has 0 aliphatic carbocycles. The van der Waals surface area contributed by atoms with E-state index >= 15 is 0 Å². The van der Waals surface area contributed by atoms with Crippen molar-refractivity contribution in [2.45, 2.75) is 19.4 Å². The fourth-order valence-corrected chi connectivity index (χ4v) is 2.63. The van der Waals surface area contributed by atoms with Gasteiger partial charge in [-0.25, -0.2) is 4.98 Å². The van der Waals surface area contributed by atoms with Crippen molar-refractivity contribution in [2.75, 3.05) is 18.0 Å². The average molecular weight is 258 g/mol. The van der Waals surface area contributed by atoms with E-state index in [4.69, 9.17) is 5.73 Å². The van der Waals surface area contributed by atoms with Gasteiger partial charge >= 0.3 is 0 Å². The summed E-state index contributed by atoms with van der Waals surface area (Å²) in [5, 5.41) is 0. The molecule has 0 radical (unpaired) electrons. The molecule has 3 rings (SSSR count). The van der Waals surface area contributed by atoms with Crippen LogP contribution in [0, 0.1) is 0 Å². The number of aryl methyl sites for hydroxylation is 1. The lowest BCUT2D eigenvalue weighted by molar-refractivity contribution is -0.119. The molecule has 1 saturated heterocycles. The number of piperidine rings is 1. The van der Waals surface area contributed by atoms with E-state index in [0.717, 1.165) is 35.6 Å². The van der Waals surface area contributed by atoms with E-state index in [1.807, 2.05) is 11.6 Å². The molecule has 0 saturated carbocycles. The van der Waals surface area contributed by atoms with Gasteiger partial charge in [0.25, 0.3) is 0 Å². The van der Waals surface area contributed by atoms with Gasteiger partial charge in [0.15, 0.2) is 0 Å². The summed E-state index contributed by atoms with van der Waals surface area (Å²) >= 11 is 0. The van der Waals surface area contributed by atoms with Gasteiger partial charge in [-0.15, -0.1) is 0 Å². The number of hydrogen-bond acceptors (Lipinski definition) is 4. The number of anilines is 1. The van der Waals surface area contributed by atoms with Crippen molar-refractivity contribution in [1.29, 1.82) is 0 Å². The molecule has 0 amide bonds. The van der Waals surface area contributed by atoms with Gasteiger partial charge in [0.05, 0.1) is 17.6 Å². The number of nitrogens with two attached hydrogens (primary N) is 1. The van der Waals surface area contributed by atoms with E-state index in [0.29, 0.717) is 25.2 Å². The van der Waals surface area contributed by atoms with Gasteiger partial charge in [-0.05, 0) is 18.2 Å². The van der Waals surface area contributed by atoms with Gasteiger partial charge in [0.2, 0.25) is 0 Å². The molecule has 0 bridgehead atoms. The summed E-state index contributed by atoms with van der Waals surface area (Å²) in [6.45, 7) is 2.06. The van der Waals surface area contributed by atoms with Crippen molar-refractivity contribution in [3.05, 3.63) is 24.0 Å². The lowest BCUT2D eigenvalue weighted by Gasteiger charge is -2.28. The van der Waals surface area contributed by atoms with Gasteiger partial charge in [-0.3, -0.25) is 4.79 Å². The number of Topliss-reactive ketones (excluding diaryl/α,β-unsaturated/α-hetero) is 1. The highest BCUT2D eigenvalue weighted by molar-refractivity contribution is 5.83. The maximum Gasteiger partial charge on any atom is 0.136 e. The predicted octanol–water partition coefficient (Wildman–Crippen LogP) is 1.20. The minimum absolute atomic E-state index is 0.362. The smallest absolute Gasteiger partial charge is 0.136 e. The maximum absolute atomic E-state index is 11.3. The van der Waals surface area contributed by atoms with Crippen LogP contribution in [0.25, 0.3) is 11.0 Å². The van der Waals surface area contributed by atoms with Crippen LogP contribution >= 0.6 is 0 Å². The molecule has 1 aliphatic heterocycles. The van der Waals surface area contributed by atoms with E-state index in [1.165, 1.54) is 0 Å². The Morgan fingerprint density at radius 1 is 1.32 bits per heavy atom. The Morgan fingerprint density at radius 2 is 2.05 bits per heavy atom. The number of fused-ring (bicyclic) bond motifs is 1. The third-order valence-electron chi connectivity index (χ3n) is 3.83. The number of aromatic nitrogens is 2. The lowest BCUT2D eigenvalue weighted by Crippen LogP contribution is -2.33. The Hall–Kier alpha value is -1.88. The zero-order chi connectivity index (χ0) is 13.4. The summed E-state index contributed by atoms with van der Waals surface area (Å²) in [7, 11) is 1.98. The van der Waals surface area contributed by atoms with Crippen molar-refractivity contribution < 1.29 is 4.79 Å². The SMILES string of the molecule is Cn1c(CN)nc2cc(N3CCC(=O)CC3)ccc21. The summed E-state index contributed by atoms with van der Waals surface area (Å²) in [6, 6.07) is 6.26. The third-order valence-corrected chi connectivity index (χ3v) is 3.83. The van der Waals surface area contributed by atoms with Gasteiger partial charge in [0, 0.05) is 38.7 Å². The average Bonchev–Trinajstić information content (AvgIpc) is 2.76. The molecule has 0 atom stereocenters. The molecule has 0 spiro atoms. The van der Waals surface area contributed by atoms with E-state index in [2.05, 4.69) is 28.1 Å². The summed E-state index contributed by atoms with van der Waals surface area (Å²) in [5.74, 6) is 1.25. The molecular weight excluding hydrogens is 240 g/mol. The summed E-state index contributed by atoms with van der Waals surface area (Å²) < 4.78 is 2.03. The second kappa shape index (κ2) is 4.66. The van der Waals surface area contributed by atoms with Crippen molar-refractivity contribution in [3.8, 4) is 0 Å². The highest BCUT2D eigenvalue weighted by atomic mass is 16.1. The molecule has 2 heterocycles. The minimum Gasteiger partial charge on any atom is -0.371 e. The molecule has 5 heteroatoms. The van der Waals surface area contributed by atoms with Crippen LogP contribution in [0.2, 0.25) is 0 Å². The van der Waals surface area contributed by atoms with Crippen LogP contribution in [0.1, 0.15) is 18.7 Å². The first kappa shape index (κ1) is 12.2. The first-order valence-corrected chi connectivity index (χ1v) is 6.61. The Labute approximate surface area is 112 Å². The van der Waals surface area contributed by atoms with Crippen LogP contribution in [0.3, 0.4) is 0 Å². The first-order chi connectivity index (χ1) is 9.19. The van der Waals surface area contributed by atoms with Crippen molar-refractivity contribution in [1.82, 2.24) is 9.55 Å². The summed E-state index contributed by atoms with van der Waals surface area (Å²) in [6.07, 6.45) is 1.29. The van der Waals surface area contributed by atoms with Crippen LogP contribution in [0.5, 0.6) is 0 Å². The normalized spacial score (nSPS) is 16.3. The fraction of sp³-hybridized carbons (Fsp3) is 0.429. The number of hydrogen-bond donors (Lipinski definition) is 1. The number of rotatable bonds is 2. The van der Waals surface area contributed by atoms with E-state index < -0.39 is 0 Å². The van der Waals surface area contributed by atoms with Gasteiger partial charge in [0.1, 0.15) is 11.6 Å². The maximum atomic E-state index is 11.3. The molecule has 1 aromatic heterocycles. The minimum atomic E-state index is 0.362. The Kier molecular flexibility index (Phi) is 2.98. The highest BCUT2D eigenvalue weighted by Gasteiger charge is 2.17. The molecule has 5 nitrogen and oxygen atoms in total. The molecular formula is C14H18N4O. The molecule has 100 valence electrons.